The van der Waals surface area contributed by atoms with Crippen molar-refractivity contribution in [2.24, 2.45) is 0 Å². The fourth-order valence-electron chi connectivity index (χ4n) is 2.87. The first-order valence-electron chi connectivity index (χ1n) is 9.10. The minimum atomic E-state index is -0.294. The van der Waals surface area contributed by atoms with Crippen LogP contribution >= 0.6 is 11.8 Å². The summed E-state index contributed by atoms with van der Waals surface area (Å²) in [5, 5.41) is 0. The number of ether oxygens (including phenoxy) is 2. The average Bonchev–Trinajstić information content (AvgIpc) is 2.91. The van der Waals surface area contributed by atoms with Crippen LogP contribution in [-0.2, 0) is 14.3 Å². The van der Waals surface area contributed by atoms with Gasteiger partial charge >= 0.3 is 0 Å². The highest BCUT2D eigenvalue weighted by Gasteiger charge is 2.39. The lowest BCUT2D eigenvalue weighted by atomic mass is 10.1. The van der Waals surface area contributed by atoms with Gasteiger partial charge in [-0.25, -0.2) is 0 Å². The highest BCUT2D eigenvalue weighted by molar-refractivity contribution is 8.04. The summed E-state index contributed by atoms with van der Waals surface area (Å²) < 4.78 is 10.7. The second kappa shape index (κ2) is 9.08. The SMILES string of the molecule is COCCN1C(=O)C(Sc2ccccc2)=C(c2ccc(OC(C)C)cc2)C1=O. The van der Waals surface area contributed by atoms with Gasteiger partial charge in [0.15, 0.2) is 0 Å². The van der Waals surface area contributed by atoms with Crippen molar-refractivity contribution in [3.05, 3.63) is 65.1 Å². The van der Waals surface area contributed by atoms with Crippen LogP contribution < -0.4 is 4.74 Å². The summed E-state index contributed by atoms with van der Waals surface area (Å²) in [7, 11) is 1.55. The molecular weight excluding hydrogens is 374 g/mol. The molecule has 146 valence electrons. The van der Waals surface area contributed by atoms with E-state index in [0.717, 1.165) is 10.6 Å². The first-order chi connectivity index (χ1) is 13.5. The fourth-order valence-corrected chi connectivity index (χ4v) is 3.90. The number of methoxy groups -OCH3 is 1. The van der Waals surface area contributed by atoms with Crippen molar-refractivity contribution in [1.29, 1.82) is 0 Å². The molecule has 0 bridgehead atoms. The molecule has 3 rings (SSSR count). The van der Waals surface area contributed by atoms with Crippen LogP contribution in [0.2, 0.25) is 0 Å². The van der Waals surface area contributed by atoms with Crippen molar-refractivity contribution in [2.75, 3.05) is 20.3 Å². The Morgan fingerprint density at radius 3 is 2.25 bits per heavy atom. The van der Waals surface area contributed by atoms with Gasteiger partial charge in [-0.3, -0.25) is 14.5 Å². The molecule has 0 unspecified atom stereocenters. The maximum atomic E-state index is 13.0. The van der Waals surface area contributed by atoms with E-state index in [1.165, 1.54) is 16.7 Å². The molecule has 28 heavy (non-hydrogen) atoms. The molecule has 0 spiro atoms. The molecule has 1 aliphatic rings. The minimum Gasteiger partial charge on any atom is -0.491 e. The normalized spacial score (nSPS) is 14.4. The standard InChI is InChI=1S/C22H23NO4S/c1-15(2)27-17-11-9-16(10-12-17)19-20(28-18-7-5-4-6-8-18)22(25)23(21(19)24)13-14-26-3/h4-12,15H,13-14H2,1-3H3. The Labute approximate surface area is 169 Å². The van der Waals surface area contributed by atoms with Gasteiger partial charge in [-0.05, 0) is 43.7 Å². The first-order valence-corrected chi connectivity index (χ1v) is 9.92. The van der Waals surface area contributed by atoms with Gasteiger partial charge in [0, 0.05) is 12.0 Å². The Hall–Kier alpha value is -2.57. The average molecular weight is 397 g/mol. The Morgan fingerprint density at radius 1 is 0.964 bits per heavy atom. The van der Waals surface area contributed by atoms with Crippen LogP contribution in [0.3, 0.4) is 0 Å². The third-order valence-electron chi connectivity index (χ3n) is 4.12. The van der Waals surface area contributed by atoms with E-state index in [0.29, 0.717) is 22.6 Å². The van der Waals surface area contributed by atoms with Crippen molar-refractivity contribution in [3.63, 3.8) is 0 Å². The molecule has 0 aromatic heterocycles. The summed E-state index contributed by atoms with van der Waals surface area (Å²) in [4.78, 5) is 28.6. The van der Waals surface area contributed by atoms with Crippen molar-refractivity contribution in [2.45, 2.75) is 24.8 Å². The molecule has 2 aromatic rings. The Bertz CT molecular complexity index is 875. The number of hydrogen-bond acceptors (Lipinski definition) is 5. The van der Waals surface area contributed by atoms with E-state index < -0.39 is 0 Å². The summed E-state index contributed by atoms with van der Waals surface area (Å²) in [5.74, 6) is 0.149. The van der Waals surface area contributed by atoms with E-state index >= 15 is 0 Å². The van der Waals surface area contributed by atoms with Crippen molar-refractivity contribution < 1.29 is 19.1 Å². The molecule has 6 heteroatoms. The van der Waals surface area contributed by atoms with Gasteiger partial charge in [0.05, 0.1) is 29.7 Å². The molecule has 1 heterocycles. The predicted octanol–water partition coefficient (Wildman–Crippen LogP) is 3.99. The van der Waals surface area contributed by atoms with Gasteiger partial charge in [0.25, 0.3) is 11.8 Å². The van der Waals surface area contributed by atoms with E-state index in [-0.39, 0.29) is 24.5 Å². The van der Waals surface area contributed by atoms with Gasteiger partial charge in [0.1, 0.15) is 5.75 Å². The maximum Gasteiger partial charge on any atom is 0.268 e. The molecule has 0 aliphatic carbocycles. The molecule has 2 amide bonds. The smallest absolute Gasteiger partial charge is 0.268 e. The number of nitrogens with zero attached hydrogens (tertiary/aromatic N) is 1. The molecule has 0 atom stereocenters. The van der Waals surface area contributed by atoms with Crippen molar-refractivity contribution in [3.8, 4) is 5.75 Å². The second-order valence-corrected chi connectivity index (χ2v) is 7.65. The van der Waals surface area contributed by atoms with Crippen molar-refractivity contribution >= 4 is 29.1 Å². The Balaban J connectivity index is 1.97. The topological polar surface area (TPSA) is 55.8 Å². The third-order valence-corrected chi connectivity index (χ3v) is 5.21. The number of amides is 2. The van der Waals surface area contributed by atoms with E-state index in [1.807, 2.05) is 68.4 Å². The molecule has 1 aliphatic heterocycles. The summed E-state index contributed by atoms with van der Waals surface area (Å²) >= 11 is 1.31. The number of imide groups is 1. The quantitative estimate of drug-likeness (QED) is 0.631. The Morgan fingerprint density at radius 2 is 1.64 bits per heavy atom. The van der Waals surface area contributed by atoms with Crippen LogP contribution in [0, 0.1) is 0 Å². The lowest BCUT2D eigenvalue weighted by Gasteiger charge is -2.14. The molecule has 0 fully saturated rings. The summed E-state index contributed by atoms with van der Waals surface area (Å²) in [6.45, 7) is 4.44. The minimum absolute atomic E-state index is 0.0634. The van der Waals surface area contributed by atoms with E-state index in [2.05, 4.69) is 0 Å². The van der Waals surface area contributed by atoms with Crippen LogP contribution in [0.15, 0.2) is 64.4 Å². The van der Waals surface area contributed by atoms with Crippen LogP contribution in [-0.4, -0.2) is 43.1 Å². The Kier molecular flexibility index (Phi) is 6.54. The van der Waals surface area contributed by atoms with Gasteiger partial charge < -0.3 is 9.47 Å². The molecule has 0 N–H and O–H groups in total. The molecule has 5 nitrogen and oxygen atoms in total. The van der Waals surface area contributed by atoms with Crippen LogP contribution in [0.5, 0.6) is 5.75 Å². The van der Waals surface area contributed by atoms with Crippen molar-refractivity contribution in [1.82, 2.24) is 4.90 Å². The van der Waals surface area contributed by atoms with Gasteiger partial charge in [-0.1, -0.05) is 42.1 Å². The molecule has 0 saturated heterocycles. The summed E-state index contributed by atoms with van der Waals surface area (Å²) in [6.07, 6.45) is 0.0634. The number of rotatable bonds is 8. The van der Waals surface area contributed by atoms with Crippen LogP contribution in [0.4, 0.5) is 0 Å². The van der Waals surface area contributed by atoms with Gasteiger partial charge in [0.2, 0.25) is 0 Å². The molecule has 0 saturated carbocycles. The zero-order valence-corrected chi connectivity index (χ0v) is 17.0. The molecule has 0 radical (unpaired) electrons. The maximum absolute atomic E-state index is 13.0. The number of hydrogen-bond donors (Lipinski definition) is 0. The number of carbonyl (C=O) groups excluding carboxylic acids is 2. The summed E-state index contributed by atoms with van der Waals surface area (Å²) in [6, 6.07) is 16.9. The monoisotopic (exact) mass is 397 g/mol. The highest BCUT2D eigenvalue weighted by Crippen LogP contribution is 2.39. The van der Waals surface area contributed by atoms with Gasteiger partial charge in [-0.15, -0.1) is 0 Å². The molecule has 2 aromatic carbocycles. The number of thioether (sulfide) groups is 1. The largest absolute Gasteiger partial charge is 0.491 e. The second-order valence-electron chi connectivity index (χ2n) is 6.56. The molecular formula is C22H23NO4S. The van der Waals surface area contributed by atoms with E-state index in [9.17, 15) is 9.59 Å². The predicted molar refractivity (Wildman–Crippen MR) is 110 cm³/mol. The zero-order chi connectivity index (χ0) is 20.1. The number of carbonyl (C=O) groups is 2. The third kappa shape index (κ3) is 4.46. The van der Waals surface area contributed by atoms with Crippen LogP contribution in [0.1, 0.15) is 19.4 Å². The van der Waals surface area contributed by atoms with E-state index in [4.69, 9.17) is 9.47 Å². The summed E-state index contributed by atoms with van der Waals surface area (Å²) in [5.41, 5.74) is 1.12. The lowest BCUT2D eigenvalue weighted by molar-refractivity contribution is -0.137. The zero-order valence-electron chi connectivity index (χ0n) is 16.2. The number of benzene rings is 2. The lowest BCUT2D eigenvalue weighted by Crippen LogP contribution is -2.34. The van der Waals surface area contributed by atoms with Gasteiger partial charge in [-0.2, -0.15) is 0 Å². The van der Waals surface area contributed by atoms with E-state index in [1.54, 1.807) is 7.11 Å². The first kappa shape index (κ1) is 20.2. The fraction of sp³-hybridized carbons (Fsp3) is 0.273. The van der Waals surface area contributed by atoms with Crippen LogP contribution in [0.25, 0.3) is 5.57 Å². The highest BCUT2D eigenvalue weighted by atomic mass is 32.2.